The van der Waals surface area contributed by atoms with Crippen molar-refractivity contribution in [1.82, 2.24) is 15.2 Å². The highest BCUT2D eigenvalue weighted by atomic mass is 16.4. The van der Waals surface area contributed by atoms with Gasteiger partial charge in [0.15, 0.2) is 5.76 Å². The summed E-state index contributed by atoms with van der Waals surface area (Å²) in [7, 11) is 0. The largest absolute Gasteiger partial charge is 0.465 e. The zero-order valence-corrected chi connectivity index (χ0v) is 15.9. The number of rotatable bonds is 7. The lowest BCUT2D eigenvalue weighted by Gasteiger charge is -2.23. The highest BCUT2D eigenvalue weighted by Gasteiger charge is 2.41. The summed E-state index contributed by atoms with van der Waals surface area (Å²) in [6, 6.07) is 15.3. The SMILES string of the molecule is O=C(O)NCCCC(c1ncc(-c2ccccc2)o1)N1C(=O)c2ccccc2C1=O. The van der Waals surface area contributed by atoms with E-state index in [9.17, 15) is 14.4 Å². The fraction of sp³-hybridized carbons (Fsp3) is 0.182. The van der Waals surface area contributed by atoms with Gasteiger partial charge >= 0.3 is 6.09 Å². The van der Waals surface area contributed by atoms with E-state index in [4.69, 9.17) is 9.52 Å². The van der Waals surface area contributed by atoms with Gasteiger partial charge in [-0.15, -0.1) is 0 Å². The minimum absolute atomic E-state index is 0.182. The van der Waals surface area contributed by atoms with Gasteiger partial charge in [0.1, 0.15) is 6.04 Å². The summed E-state index contributed by atoms with van der Waals surface area (Å²) < 4.78 is 5.92. The van der Waals surface area contributed by atoms with Gasteiger partial charge in [-0.2, -0.15) is 0 Å². The first kappa shape index (κ1) is 19.4. The molecule has 0 bridgehead atoms. The Morgan fingerprint density at radius 1 is 1.03 bits per heavy atom. The molecule has 0 radical (unpaired) electrons. The molecule has 0 fully saturated rings. The molecule has 1 unspecified atom stereocenters. The third kappa shape index (κ3) is 3.67. The summed E-state index contributed by atoms with van der Waals surface area (Å²) in [5.74, 6) is -0.0629. The highest BCUT2D eigenvalue weighted by molar-refractivity contribution is 6.21. The number of benzene rings is 2. The first-order valence-electron chi connectivity index (χ1n) is 9.51. The van der Waals surface area contributed by atoms with Crippen molar-refractivity contribution in [2.24, 2.45) is 0 Å². The standard InChI is InChI=1S/C22H19N3O5/c26-20-15-9-4-5-10-16(15)21(27)25(20)17(11-6-12-23-22(28)29)19-24-13-18(30-19)14-7-2-1-3-8-14/h1-5,7-10,13,17,23H,6,11-12H2,(H,28,29). The Bertz CT molecular complexity index is 1060. The molecule has 0 spiro atoms. The van der Waals surface area contributed by atoms with Crippen LogP contribution < -0.4 is 5.32 Å². The molecule has 3 aromatic rings. The maximum atomic E-state index is 13.0. The van der Waals surface area contributed by atoms with Crippen LogP contribution >= 0.6 is 0 Å². The molecule has 1 aromatic heterocycles. The molecule has 0 aliphatic carbocycles. The van der Waals surface area contributed by atoms with E-state index in [1.54, 1.807) is 30.5 Å². The number of carbonyl (C=O) groups is 3. The Kier molecular flexibility index (Phi) is 5.30. The van der Waals surface area contributed by atoms with Crippen LogP contribution in [0.15, 0.2) is 65.2 Å². The summed E-state index contributed by atoms with van der Waals surface area (Å²) in [4.78, 5) is 42.1. The predicted molar refractivity (Wildman–Crippen MR) is 107 cm³/mol. The van der Waals surface area contributed by atoms with E-state index in [1.165, 1.54) is 0 Å². The molecule has 3 amide bonds. The maximum absolute atomic E-state index is 13.0. The number of aromatic nitrogens is 1. The molecule has 1 atom stereocenters. The van der Waals surface area contributed by atoms with Crippen LogP contribution in [0.3, 0.4) is 0 Å². The lowest BCUT2D eigenvalue weighted by atomic mass is 10.1. The van der Waals surface area contributed by atoms with Crippen LogP contribution in [-0.4, -0.2) is 39.4 Å². The van der Waals surface area contributed by atoms with Crippen LogP contribution in [-0.2, 0) is 0 Å². The molecule has 8 nitrogen and oxygen atoms in total. The van der Waals surface area contributed by atoms with Crippen LogP contribution in [0.5, 0.6) is 0 Å². The number of nitrogens with one attached hydrogen (secondary N) is 1. The molecule has 2 heterocycles. The van der Waals surface area contributed by atoms with Gasteiger partial charge < -0.3 is 14.8 Å². The second kappa shape index (κ2) is 8.20. The molecular weight excluding hydrogens is 386 g/mol. The number of imide groups is 1. The van der Waals surface area contributed by atoms with Crippen LogP contribution in [0.2, 0.25) is 0 Å². The molecular formula is C22H19N3O5. The minimum atomic E-state index is -1.13. The summed E-state index contributed by atoms with van der Waals surface area (Å²) in [5.41, 5.74) is 1.50. The number of hydrogen-bond donors (Lipinski definition) is 2. The molecule has 2 N–H and O–H groups in total. The highest BCUT2D eigenvalue weighted by Crippen LogP contribution is 2.35. The molecule has 0 saturated carbocycles. The number of amides is 3. The number of carboxylic acid groups (broad SMARTS) is 1. The second-order valence-electron chi connectivity index (χ2n) is 6.84. The van der Waals surface area contributed by atoms with E-state index in [1.807, 2.05) is 30.3 Å². The third-order valence-electron chi connectivity index (χ3n) is 4.93. The van der Waals surface area contributed by atoms with E-state index in [2.05, 4.69) is 10.3 Å². The smallest absolute Gasteiger partial charge is 0.404 e. The number of oxazole rings is 1. The number of hydrogen-bond acceptors (Lipinski definition) is 5. The van der Waals surface area contributed by atoms with Crippen molar-refractivity contribution < 1.29 is 23.9 Å². The van der Waals surface area contributed by atoms with Gasteiger partial charge in [0.05, 0.1) is 17.3 Å². The monoisotopic (exact) mass is 405 g/mol. The van der Waals surface area contributed by atoms with Gasteiger partial charge in [0.25, 0.3) is 11.8 Å². The Morgan fingerprint density at radius 3 is 2.30 bits per heavy atom. The van der Waals surface area contributed by atoms with Gasteiger partial charge in [-0.05, 0) is 25.0 Å². The summed E-state index contributed by atoms with van der Waals surface area (Å²) in [6.07, 6.45) is 1.13. The molecule has 152 valence electrons. The molecule has 1 aliphatic heterocycles. The Morgan fingerprint density at radius 2 is 1.67 bits per heavy atom. The Labute approximate surface area is 172 Å². The number of carbonyl (C=O) groups excluding carboxylic acids is 2. The van der Waals surface area contributed by atoms with Crippen molar-refractivity contribution in [3.05, 3.63) is 77.8 Å². The number of fused-ring (bicyclic) bond motifs is 1. The van der Waals surface area contributed by atoms with E-state index < -0.39 is 23.9 Å². The van der Waals surface area contributed by atoms with Crippen molar-refractivity contribution in [2.45, 2.75) is 18.9 Å². The minimum Gasteiger partial charge on any atom is -0.465 e. The van der Waals surface area contributed by atoms with Crippen molar-refractivity contribution >= 4 is 17.9 Å². The van der Waals surface area contributed by atoms with E-state index in [-0.39, 0.29) is 12.4 Å². The van der Waals surface area contributed by atoms with Crippen LogP contribution in [0.4, 0.5) is 4.79 Å². The lowest BCUT2D eigenvalue weighted by molar-refractivity contribution is 0.0546. The third-order valence-corrected chi connectivity index (χ3v) is 4.93. The van der Waals surface area contributed by atoms with Crippen LogP contribution in [0.25, 0.3) is 11.3 Å². The van der Waals surface area contributed by atoms with Crippen molar-refractivity contribution in [2.75, 3.05) is 6.54 Å². The molecule has 0 saturated heterocycles. The Hall–Kier alpha value is -3.94. The van der Waals surface area contributed by atoms with Gasteiger partial charge in [-0.3, -0.25) is 14.5 Å². The van der Waals surface area contributed by atoms with Gasteiger partial charge in [-0.25, -0.2) is 9.78 Å². The molecule has 30 heavy (non-hydrogen) atoms. The van der Waals surface area contributed by atoms with Crippen molar-refractivity contribution in [3.63, 3.8) is 0 Å². The van der Waals surface area contributed by atoms with Crippen molar-refractivity contribution in [3.8, 4) is 11.3 Å². The molecule has 2 aromatic carbocycles. The molecule has 4 rings (SSSR count). The van der Waals surface area contributed by atoms with E-state index in [0.29, 0.717) is 29.7 Å². The summed E-state index contributed by atoms with van der Waals surface area (Å²) in [6.45, 7) is 0.182. The fourth-order valence-electron chi connectivity index (χ4n) is 3.52. The topological polar surface area (TPSA) is 113 Å². The number of nitrogens with zero attached hydrogens (tertiary/aromatic N) is 2. The average molecular weight is 405 g/mol. The molecule has 1 aliphatic rings. The Balaban J connectivity index is 1.64. The molecule has 8 heteroatoms. The quantitative estimate of drug-likeness (QED) is 0.457. The zero-order chi connectivity index (χ0) is 21.1. The van der Waals surface area contributed by atoms with Crippen LogP contribution in [0, 0.1) is 0 Å². The lowest BCUT2D eigenvalue weighted by Crippen LogP contribution is -2.35. The first-order valence-corrected chi connectivity index (χ1v) is 9.51. The second-order valence-corrected chi connectivity index (χ2v) is 6.84. The summed E-state index contributed by atoms with van der Waals surface area (Å²) >= 11 is 0. The van der Waals surface area contributed by atoms with E-state index in [0.717, 1.165) is 10.5 Å². The first-order chi connectivity index (χ1) is 14.6. The zero-order valence-electron chi connectivity index (χ0n) is 15.9. The predicted octanol–water partition coefficient (Wildman–Crippen LogP) is 3.73. The van der Waals surface area contributed by atoms with E-state index >= 15 is 0 Å². The fourth-order valence-corrected chi connectivity index (χ4v) is 3.52. The normalized spacial score (nSPS) is 13.9. The average Bonchev–Trinajstić information content (AvgIpc) is 3.34. The van der Waals surface area contributed by atoms with Crippen LogP contribution in [0.1, 0.15) is 45.5 Å². The van der Waals surface area contributed by atoms with Gasteiger partial charge in [0, 0.05) is 12.1 Å². The van der Waals surface area contributed by atoms with Crippen molar-refractivity contribution in [1.29, 1.82) is 0 Å². The summed E-state index contributed by atoms with van der Waals surface area (Å²) in [5, 5.41) is 11.1. The van der Waals surface area contributed by atoms with Gasteiger partial charge in [0.2, 0.25) is 5.89 Å². The maximum Gasteiger partial charge on any atom is 0.404 e. The van der Waals surface area contributed by atoms with Gasteiger partial charge in [-0.1, -0.05) is 42.5 Å².